The summed E-state index contributed by atoms with van der Waals surface area (Å²) < 4.78 is 0. The molecule has 0 aromatic carbocycles. The molecule has 4 heteroatoms. The van der Waals surface area contributed by atoms with Gasteiger partial charge in [-0.1, -0.05) is 19.8 Å². The number of aryl methyl sites for hydroxylation is 2. The predicted octanol–water partition coefficient (Wildman–Crippen LogP) is 2.54. The third-order valence-electron chi connectivity index (χ3n) is 3.64. The molecule has 0 aliphatic heterocycles. The molecule has 1 aliphatic rings. The van der Waals surface area contributed by atoms with Gasteiger partial charge in [-0.05, 0) is 38.7 Å². The number of hydrogen-bond donors (Lipinski definition) is 1. The Hall–Kier alpha value is -1.45. The summed E-state index contributed by atoms with van der Waals surface area (Å²) in [6.07, 6.45) is 4.68. The first-order chi connectivity index (χ1) is 9.10. The molecule has 19 heavy (non-hydrogen) atoms. The molecule has 0 saturated heterocycles. The molecule has 1 fully saturated rings. The largest absolute Gasteiger partial charge is 0.349 e. The van der Waals surface area contributed by atoms with Crippen LogP contribution in [0.5, 0.6) is 0 Å². The molecule has 0 bridgehead atoms. The minimum atomic E-state index is 0.170. The number of amides is 1. The van der Waals surface area contributed by atoms with Crippen LogP contribution in [0.4, 0.5) is 0 Å². The molecule has 104 valence electrons. The van der Waals surface area contributed by atoms with Crippen molar-refractivity contribution in [1.29, 1.82) is 0 Å². The lowest BCUT2D eigenvalue weighted by Gasteiger charge is -2.05. The van der Waals surface area contributed by atoms with E-state index in [4.69, 9.17) is 0 Å². The van der Waals surface area contributed by atoms with Crippen LogP contribution in [0.3, 0.4) is 0 Å². The fourth-order valence-corrected chi connectivity index (χ4v) is 2.53. The van der Waals surface area contributed by atoms with E-state index in [1.807, 2.05) is 19.9 Å². The lowest BCUT2D eigenvalue weighted by molar-refractivity contribution is -0.122. The van der Waals surface area contributed by atoms with Gasteiger partial charge in [0.15, 0.2) is 0 Å². The minimum Gasteiger partial charge on any atom is -0.349 e. The number of unbranched alkanes of at least 4 members (excludes halogenated alkanes) is 1. The summed E-state index contributed by atoms with van der Waals surface area (Å²) in [4.78, 5) is 20.6. The Balaban J connectivity index is 1.78. The normalized spacial score (nSPS) is 21.2. The summed E-state index contributed by atoms with van der Waals surface area (Å²) in [5.74, 6) is 1.72. The van der Waals surface area contributed by atoms with E-state index < -0.39 is 0 Å². The summed E-state index contributed by atoms with van der Waals surface area (Å²) in [5, 5.41) is 2.96. The topological polar surface area (TPSA) is 54.9 Å². The van der Waals surface area contributed by atoms with Crippen molar-refractivity contribution < 1.29 is 4.79 Å². The van der Waals surface area contributed by atoms with Crippen LogP contribution >= 0.6 is 0 Å². The number of carbonyl (C=O) groups excluding carboxylic acids is 1. The highest BCUT2D eigenvalue weighted by Crippen LogP contribution is 2.42. The van der Waals surface area contributed by atoms with Crippen LogP contribution in [0.1, 0.15) is 49.8 Å². The molecule has 1 aliphatic carbocycles. The molecule has 2 atom stereocenters. The Morgan fingerprint density at radius 3 is 2.68 bits per heavy atom. The Bertz CT molecular complexity index is 438. The number of nitrogens with zero attached hydrogens (tertiary/aromatic N) is 2. The standard InChI is InChI=1S/C15H23N3O/c1-4-5-6-12-8-13(12)15(19)16-9-14-17-10(2)7-11(3)18-14/h7,12-13H,4-6,8-9H2,1-3H3,(H,16,19)/t12-,13+/m1/s1. The van der Waals surface area contributed by atoms with Crippen molar-refractivity contribution in [3.8, 4) is 0 Å². The first-order valence-corrected chi connectivity index (χ1v) is 7.19. The molecule has 1 heterocycles. The maximum atomic E-state index is 12.0. The van der Waals surface area contributed by atoms with E-state index in [1.54, 1.807) is 0 Å². The molecule has 0 spiro atoms. The van der Waals surface area contributed by atoms with Gasteiger partial charge in [-0.3, -0.25) is 4.79 Å². The van der Waals surface area contributed by atoms with Crippen molar-refractivity contribution in [2.75, 3.05) is 0 Å². The van der Waals surface area contributed by atoms with Crippen LogP contribution in [0.25, 0.3) is 0 Å². The van der Waals surface area contributed by atoms with Gasteiger partial charge in [0.2, 0.25) is 5.91 Å². The number of rotatable bonds is 6. The molecule has 1 aromatic rings. The van der Waals surface area contributed by atoms with Crippen molar-refractivity contribution in [2.24, 2.45) is 11.8 Å². The van der Waals surface area contributed by atoms with E-state index >= 15 is 0 Å². The zero-order chi connectivity index (χ0) is 13.8. The summed E-state index contributed by atoms with van der Waals surface area (Å²) in [6.45, 7) is 6.52. The van der Waals surface area contributed by atoms with E-state index in [-0.39, 0.29) is 11.8 Å². The van der Waals surface area contributed by atoms with Crippen molar-refractivity contribution in [2.45, 2.75) is 53.0 Å². The molecular weight excluding hydrogens is 238 g/mol. The number of hydrogen-bond acceptors (Lipinski definition) is 3. The second-order valence-electron chi connectivity index (χ2n) is 5.53. The number of nitrogens with one attached hydrogen (secondary N) is 1. The third kappa shape index (κ3) is 4.01. The van der Waals surface area contributed by atoms with Gasteiger partial charge in [0.05, 0.1) is 6.54 Å². The van der Waals surface area contributed by atoms with Crippen LogP contribution in [-0.4, -0.2) is 15.9 Å². The molecule has 1 N–H and O–H groups in total. The Morgan fingerprint density at radius 1 is 1.37 bits per heavy atom. The molecule has 2 rings (SSSR count). The van der Waals surface area contributed by atoms with Crippen LogP contribution < -0.4 is 5.32 Å². The monoisotopic (exact) mass is 261 g/mol. The van der Waals surface area contributed by atoms with Gasteiger partial charge in [-0.2, -0.15) is 0 Å². The lowest BCUT2D eigenvalue weighted by atomic mass is 10.1. The van der Waals surface area contributed by atoms with E-state index in [0.29, 0.717) is 18.3 Å². The first kappa shape index (κ1) is 14.0. The second-order valence-corrected chi connectivity index (χ2v) is 5.53. The van der Waals surface area contributed by atoms with Crippen molar-refractivity contribution in [1.82, 2.24) is 15.3 Å². The highest BCUT2D eigenvalue weighted by atomic mass is 16.2. The average Bonchev–Trinajstić information content (AvgIpc) is 3.12. The van der Waals surface area contributed by atoms with Gasteiger partial charge in [-0.15, -0.1) is 0 Å². The van der Waals surface area contributed by atoms with E-state index in [0.717, 1.165) is 17.8 Å². The van der Waals surface area contributed by atoms with Crippen molar-refractivity contribution in [3.05, 3.63) is 23.3 Å². The molecule has 0 radical (unpaired) electrons. The van der Waals surface area contributed by atoms with E-state index in [9.17, 15) is 4.79 Å². The Labute approximate surface area is 115 Å². The maximum Gasteiger partial charge on any atom is 0.223 e. The number of aromatic nitrogens is 2. The Morgan fingerprint density at radius 2 is 2.05 bits per heavy atom. The quantitative estimate of drug-likeness (QED) is 0.856. The Kier molecular flexibility index (Phi) is 4.51. The summed E-state index contributed by atoms with van der Waals surface area (Å²) >= 11 is 0. The molecule has 1 aromatic heterocycles. The van der Waals surface area contributed by atoms with Crippen LogP contribution in [0, 0.1) is 25.7 Å². The van der Waals surface area contributed by atoms with Gasteiger partial charge >= 0.3 is 0 Å². The predicted molar refractivity (Wildman–Crippen MR) is 74.5 cm³/mol. The molecule has 4 nitrogen and oxygen atoms in total. The third-order valence-corrected chi connectivity index (χ3v) is 3.64. The molecule has 1 saturated carbocycles. The van der Waals surface area contributed by atoms with Gasteiger partial charge in [0, 0.05) is 17.3 Å². The fraction of sp³-hybridized carbons (Fsp3) is 0.667. The van der Waals surface area contributed by atoms with E-state index in [2.05, 4.69) is 22.2 Å². The van der Waals surface area contributed by atoms with Crippen LogP contribution in [-0.2, 0) is 11.3 Å². The average molecular weight is 261 g/mol. The maximum absolute atomic E-state index is 12.0. The highest BCUT2D eigenvalue weighted by Gasteiger charge is 2.41. The highest BCUT2D eigenvalue weighted by molar-refractivity contribution is 5.81. The van der Waals surface area contributed by atoms with Crippen LogP contribution in [0.15, 0.2) is 6.07 Å². The molecule has 1 amide bonds. The van der Waals surface area contributed by atoms with Gasteiger partial charge in [0.1, 0.15) is 5.82 Å². The van der Waals surface area contributed by atoms with E-state index in [1.165, 1.54) is 19.3 Å². The van der Waals surface area contributed by atoms with Gasteiger partial charge in [0.25, 0.3) is 0 Å². The minimum absolute atomic E-state index is 0.170. The SMILES string of the molecule is CCCC[C@@H]1C[C@@H]1C(=O)NCc1nc(C)cc(C)n1. The lowest BCUT2D eigenvalue weighted by Crippen LogP contribution is -2.26. The summed E-state index contributed by atoms with van der Waals surface area (Å²) in [6, 6.07) is 1.94. The summed E-state index contributed by atoms with van der Waals surface area (Å²) in [5.41, 5.74) is 1.90. The number of carbonyl (C=O) groups is 1. The fourth-order valence-electron chi connectivity index (χ4n) is 2.53. The summed E-state index contributed by atoms with van der Waals surface area (Å²) in [7, 11) is 0. The molecule has 0 unspecified atom stereocenters. The first-order valence-electron chi connectivity index (χ1n) is 7.19. The zero-order valence-corrected chi connectivity index (χ0v) is 12.1. The second kappa shape index (κ2) is 6.13. The van der Waals surface area contributed by atoms with Gasteiger partial charge < -0.3 is 5.32 Å². The van der Waals surface area contributed by atoms with Crippen molar-refractivity contribution >= 4 is 5.91 Å². The van der Waals surface area contributed by atoms with Crippen LogP contribution in [0.2, 0.25) is 0 Å². The smallest absolute Gasteiger partial charge is 0.223 e. The zero-order valence-electron chi connectivity index (χ0n) is 12.1. The molecular formula is C15H23N3O. The van der Waals surface area contributed by atoms with Gasteiger partial charge in [-0.25, -0.2) is 9.97 Å². The van der Waals surface area contributed by atoms with Crippen molar-refractivity contribution in [3.63, 3.8) is 0 Å².